The molecule has 0 aliphatic rings. The maximum absolute atomic E-state index is 12.5. The van der Waals surface area contributed by atoms with Crippen LogP contribution in [0.25, 0.3) is 0 Å². The summed E-state index contributed by atoms with van der Waals surface area (Å²) in [6, 6.07) is 4.03. The standard InChI is InChI=1S/C13H18INO4S2/c1-9(6-7-20-3)15(2)21(18,19)10-4-5-12(14)11(8-10)13(16)17/h4-5,8-9H,6-7H2,1-3H3,(H,16,17). The van der Waals surface area contributed by atoms with Crippen molar-refractivity contribution in [3.8, 4) is 0 Å². The van der Waals surface area contributed by atoms with Gasteiger partial charge in [0, 0.05) is 16.7 Å². The minimum atomic E-state index is -3.68. The number of carboxylic acids is 1. The molecule has 0 radical (unpaired) electrons. The first-order chi connectivity index (χ1) is 9.71. The lowest BCUT2D eigenvalue weighted by Crippen LogP contribution is -2.35. The summed E-state index contributed by atoms with van der Waals surface area (Å²) in [5, 5.41) is 9.10. The molecule has 8 heteroatoms. The Balaban J connectivity index is 3.13. The SMILES string of the molecule is CSCCC(C)N(C)S(=O)(=O)c1ccc(I)c(C(=O)O)c1. The molecular weight excluding hydrogens is 425 g/mol. The van der Waals surface area contributed by atoms with Crippen LogP contribution < -0.4 is 0 Å². The van der Waals surface area contributed by atoms with Crippen LogP contribution in [0, 0.1) is 3.57 Å². The first kappa shape index (κ1) is 18.7. The van der Waals surface area contributed by atoms with Gasteiger partial charge in [-0.3, -0.25) is 0 Å². The number of carboxylic acid groups (broad SMARTS) is 1. The van der Waals surface area contributed by atoms with Crippen molar-refractivity contribution in [2.24, 2.45) is 0 Å². The molecule has 0 fully saturated rings. The van der Waals surface area contributed by atoms with Gasteiger partial charge in [0.1, 0.15) is 0 Å². The minimum absolute atomic E-state index is 0.00171. The molecule has 0 aromatic heterocycles. The van der Waals surface area contributed by atoms with E-state index in [4.69, 9.17) is 5.11 Å². The third-order valence-electron chi connectivity index (χ3n) is 3.21. The molecule has 1 aromatic rings. The first-order valence-corrected chi connectivity index (χ1v) is 10.1. The lowest BCUT2D eigenvalue weighted by atomic mass is 10.2. The normalized spacial score (nSPS) is 13.4. The number of hydrogen-bond acceptors (Lipinski definition) is 4. The zero-order chi connectivity index (χ0) is 16.2. The van der Waals surface area contributed by atoms with E-state index in [0.29, 0.717) is 3.57 Å². The van der Waals surface area contributed by atoms with Crippen molar-refractivity contribution in [1.29, 1.82) is 0 Å². The van der Waals surface area contributed by atoms with E-state index in [2.05, 4.69) is 0 Å². The van der Waals surface area contributed by atoms with Crippen LogP contribution in [0.15, 0.2) is 23.1 Å². The quantitative estimate of drug-likeness (QED) is 0.657. The highest BCUT2D eigenvalue weighted by atomic mass is 127. The zero-order valence-electron chi connectivity index (χ0n) is 12.0. The van der Waals surface area contributed by atoms with Crippen molar-refractivity contribution >= 4 is 50.3 Å². The van der Waals surface area contributed by atoms with Gasteiger partial charge in [-0.1, -0.05) is 0 Å². The van der Waals surface area contributed by atoms with Crippen LogP contribution in [0.3, 0.4) is 0 Å². The summed E-state index contributed by atoms with van der Waals surface area (Å²) in [5.41, 5.74) is 0.00171. The van der Waals surface area contributed by atoms with E-state index in [1.165, 1.54) is 29.6 Å². The molecule has 5 nitrogen and oxygen atoms in total. The number of carbonyl (C=O) groups is 1. The molecule has 0 aliphatic carbocycles. The number of sulfonamides is 1. The van der Waals surface area contributed by atoms with Crippen molar-refractivity contribution in [2.45, 2.75) is 24.3 Å². The highest BCUT2D eigenvalue weighted by Crippen LogP contribution is 2.22. The molecule has 0 heterocycles. The van der Waals surface area contributed by atoms with Gasteiger partial charge in [-0.15, -0.1) is 0 Å². The largest absolute Gasteiger partial charge is 0.478 e. The smallest absolute Gasteiger partial charge is 0.336 e. The van der Waals surface area contributed by atoms with E-state index in [1.807, 2.05) is 35.8 Å². The number of rotatable bonds is 7. The van der Waals surface area contributed by atoms with Crippen molar-refractivity contribution in [2.75, 3.05) is 19.1 Å². The lowest BCUT2D eigenvalue weighted by molar-refractivity contribution is 0.0695. The van der Waals surface area contributed by atoms with E-state index >= 15 is 0 Å². The monoisotopic (exact) mass is 443 g/mol. The fourth-order valence-electron chi connectivity index (χ4n) is 1.70. The Bertz CT molecular complexity index is 619. The summed E-state index contributed by atoms with van der Waals surface area (Å²) in [5.74, 6) is -0.261. The van der Waals surface area contributed by atoms with Crippen LogP contribution in [0.1, 0.15) is 23.7 Å². The Morgan fingerprint density at radius 1 is 1.48 bits per heavy atom. The summed E-state index contributed by atoms with van der Waals surface area (Å²) in [6.07, 6.45) is 2.71. The topological polar surface area (TPSA) is 74.7 Å². The Labute approximate surface area is 143 Å². The van der Waals surface area contributed by atoms with Crippen molar-refractivity contribution in [3.63, 3.8) is 0 Å². The van der Waals surface area contributed by atoms with Crippen LogP contribution in [0.4, 0.5) is 0 Å². The van der Waals surface area contributed by atoms with E-state index in [0.717, 1.165) is 12.2 Å². The molecule has 0 spiro atoms. The van der Waals surface area contributed by atoms with Gasteiger partial charge in [-0.05, 0) is 66.1 Å². The Morgan fingerprint density at radius 3 is 2.62 bits per heavy atom. The molecule has 1 aromatic carbocycles. The molecule has 21 heavy (non-hydrogen) atoms. The number of benzene rings is 1. The van der Waals surface area contributed by atoms with Crippen molar-refractivity contribution in [1.82, 2.24) is 4.31 Å². The third kappa shape index (κ3) is 4.57. The number of thioether (sulfide) groups is 1. The number of aromatic carboxylic acids is 1. The van der Waals surface area contributed by atoms with Gasteiger partial charge in [-0.2, -0.15) is 16.1 Å². The van der Waals surface area contributed by atoms with Gasteiger partial charge in [0.15, 0.2) is 0 Å². The first-order valence-electron chi connectivity index (χ1n) is 6.21. The Hall–Kier alpha value is -0.320. The minimum Gasteiger partial charge on any atom is -0.478 e. The Kier molecular flexibility index (Phi) is 6.95. The number of nitrogens with zero attached hydrogens (tertiary/aromatic N) is 1. The third-order valence-corrected chi connectivity index (χ3v) is 6.76. The molecule has 1 N–H and O–H groups in total. The second-order valence-corrected chi connectivity index (χ2v) is 8.74. The molecular formula is C13H18INO4S2. The maximum atomic E-state index is 12.5. The second-order valence-electron chi connectivity index (χ2n) is 4.60. The van der Waals surface area contributed by atoms with E-state index in [-0.39, 0.29) is 16.5 Å². The predicted molar refractivity (Wildman–Crippen MR) is 93.5 cm³/mol. The second kappa shape index (κ2) is 7.80. The zero-order valence-corrected chi connectivity index (χ0v) is 15.8. The van der Waals surface area contributed by atoms with Crippen LogP contribution in [-0.2, 0) is 10.0 Å². The summed E-state index contributed by atoms with van der Waals surface area (Å²) in [7, 11) is -2.16. The number of halogens is 1. The van der Waals surface area contributed by atoms with Gasteiger partial charge < -0.3 is 5.11 Å². The highest BCUT2D eigenvalue weighted by molar-refractivity contribution is 14.1. The molecule has 0 saturated heterocycles. The highest BCUT2D eigenvalue weighted by Gasteiger charge is 2.26. The van der Waals surface area contributed by atoms with Gasteiger partial charge in [-0.25, -0.2) is 13.2 Å². The van der Waals surface area contributed by atoms with Gasteiger partial charge >= 0.3 is 5.97 Å². The molecule has 0 aliphatic heterocycles. The maximum Gasteiger partial charge on any atom is 0.336 e. The molecule has 0 amide bonds. The van der Waals surface area contributed by atoms with E-state index < -0.39 is 16.0 Å². The van der Waals surface area contributed by atoms with Crippen LogP contribution in [0.2, 0.25) is 0 Å². The lowest BCUT2D eigenvalue weighted by Gasteiger charge is -2.24. The van der Waals surface area contributed by atoms with Gasteiger partial charge in [0.25, 0.3) is 0 Å². The Morgan fingerprint density at radius 2 is 2.10 bits per heavy atom. The van der Waals surface area contributed by atoms with Gasteiger partial charge in [0.05, 0.1) is 10.5 Å². The number of hydrogen-bond donors (Lipinski definition) is 1. The van der Waals surface area contributed by atoms with Crippen LogP contribution >= 0.6 is 34.4 Å². The van der Waals surface area contributed by atoms with Crippen LogP contribution in [0.5, 0.6) is 0 Å². The summed E-state index contributed by atoms with van der Waals surface area (Å²) in [4.78, 5) is 11.1. The average Bonchev–Trinajstić information content (AvgIpc) is 2.43. The summed E-state index contributed by atoms with van der Waals surface area (Å²) < 4.78 is 26.9. The van der Waals surface area contributed by atoms with Crippen LogP contribution in [-0.4, -0.2) is 48.9 Å². The summed E-state index contributed by atoms with van der Waals surface area (Å²) in [6.45, 7) is 1.85. The van der Waals surface area contributed by atoms with Crippen molar-refractivity contribution < 1.29 is 18.3 Å². The predicted octanol–water partition coefficient (Wildman–Crippen LogP) is 2.75. The molecule has 118 valence electrons. The van der Waals surface area contributed by atoms with Gasteiger partial charge in [0.2, 0.25) is 10.0 Å². The molecule has 1 rings (SSSR count). The molecule has 1 unspecified atom stereocenters. The fourth-order valence-corrected chi connectivity index (χ4v) is 4.26. The van der Waals surface area contributed by atoms with Crippen molar-refractivity contribution in [3.05, 3.63) is 27.3 Å². The average molecular weight is 443 g/mol. The molecule has 0 bridgehead atoms. The fraction of sp³-hybridized carbons (Fsp3) is 0.462. The summed E-state index contributed by atoms with van der Waals surface area (Å²) >= 11 is 3.54. The molecule has 1 atom stereocenters. The van der Waals surface area contributed by atoms with E-state index in [1.54, 1.807) is 11.8 Å². The van der Waals surface area contributed by atoms with E-state index in [9.17, 15) is 13.2 Å². The molecule has 0 saturated carbocycles.